The monoisotopic (exact) mass is 284 g/mol. The first kappa shape index (κ1) is 17.4. The maximum Gasteiger partial charge on any atom is 0.227 e. The molecule has 118 valence electrons. The van der Waals surface area contributed by atoms with Crippen LogP contribution in [0.2, 0.25) is 0 Å². The van der Waals surface area contributed by atoms with Gasteiger partial charge in [0.1, 0.15) is 0 Å². The average molecular weight is 284 g/mol. The lowest BCUT2D eigenvalue weighted by Crippen LogP contribution is -2.51. The molecule has 0 saturated carbocycles. The van der Waals surface area contributed by atoms with Gasteiger partial charge in [-0.1, -0.05) is 27.2 Å². The van der Waals surface area contributed by atoms with Gasteiger partial charge in [0.25, 0.3) is 0 Å². The van der Waals surface area contributed by atoms with Crippen molar-refractivity contribution in [2.45, 2.75) is 59.3 Å². The molecule has 0 bridgehead atoms. The number of rotatable bonds is 8. The van der Waals surface area contributed by atoms with Gasteiger partial charge in [0.15, 0.2) is 0 Å². The maximum absolute atomic E-state index is 12.6. The van der Waals surface area contributed by atoms with E-state index in [4.69, 9.17) is 5.11 Å². The standard InChI is InChI=1S/C16H32N2O2/c1-4-7-16(9-5-10-17-13-16)14(20)18-12-15(2,3)8-6-11-19/h17,19H,4-13H2,1-3H3,(H,18,20). The van der Waals surface area contributed by atoms with Gasteiger partial charge in [-0.2, -0.15) is 0 Å². The van der Waals surface area contributed by atoms with Gasteiger partial charge in [-0.15, -0.1) is 0 Å². The van der Waals surface area contributed by atoms with E-state index < -0.39 is 0 Å². The Hall–Kier alpha value is -0.610. The molecule has 0 aromatic carbocycles. The molecule has 4 heteroatoms. The third-order valence-electron chi connectivity index (χ3n) is 4.42. The van der Waals surface area contributed by atoms with E-state index in [0.717, 1.165) is 51.6 Å². The Kier molecular flexibility index (Phi) is 6.96. The molecule has 0 aromatic heterocycles. The number of hydrogen-bond acceptors (Lipinski definition) is 3. The van der Waals surface area contributed by atoms with Crippen LogP contribution in [0, 0.1) is 10.8 Å². The lowest BCUT2D eigenvalue weighted by atomic mass is 9.76. The van der Waals surface area contributed by atoms with E-state index in [9.17, 15) is 4.79 Å². The number of aliphatic hydroxyl groups excluding tert-OH is 1. The second kappa shape index (κ2) is 7.99. The molecule has 3 N–H and O–H groups in total. The predicted octanol–water partition coefficient (Wildman–Crippen LogP) is 2.07. The number of carbonyl (C=O) groups excluding carboxylic acids is 1. The molecule has 0 aliphatic carbocycles. The van der Waals surface area contributed by atoms with Crippen molar-refractivity contribution in [3.05, 3.63) is 0 Å². The highest BCUT2D eigenvalue weighted by Crippen LogP contribution is 2.32. The number of amides is 1. The molecule has 0 aromatic rings. The van der Waals surface area contributed by atoms with E-state index in [-0.39, 0.29) is 23.3 Å². The normalized spacial score (nSPS) is 23.6. The van der Waals surface area contributed by atoms with Gasteiger partial charge >= 0.3 is 0 Å². The summed E-state index contributed by atoms with van der Waals surface area (Å²) in [4.78, 5) is 12.6. The summed E-state index contributed by atoms with van der Waals surface area (Å²) in [6, 6.07) is 0. The molecule has 0 spiro atoms. The quantitative estimate of drug-likeness (QED) is 0.639. The first-order valence-electron chi connectivity index (χ1n) is 8.06. The first-order chi connectivity index (χ1) is 9.46. The van der Waals surface area contributed by atoms with Gasteiger partial charge in [0, 0.05) is 19.7 Å². The lowest BCUT2D eigenvalue weighted by molar-refractivity contribution is -0.133. The maximum atomic E-state index is 12.6. The molecular weight excluding hydrogens is 252 g/mol. The van der Waals surface area contributed by atoms with Gasteiger partial charge < -0.3 is 15.7 Å². The van der Waals surface area contributed by atoms with Crippen LogP contribution in [0.5, 0.6) is 0 Å². The van der Waals surface area contributed by atoms with Crippen LogP contribution in [-0.2, 0) is 4.79 Å². The second-order valence-electron chi connectivity index (χ2n) is 6.98. The number of aliphatic hydroxyl groups is 1. The molecule has 4 nitrogen and oxygen atoms in total. The number of piperidine rings is 1. The first-order valence-corrected chi connectivity index (χ1v) is 8.06. The Morgan fingerprint density at radius 2 is 2.20 bits per heavy atom. The Bertz CT molecular complexity index is 291. The summed E-state index contributed by atoms with van der Waals surface area (Å²) in [7, 11) is 0. The van der Waals surface area contributed by atoms with Crippen molar-refractivity contribution in [3.8, 4) is 0 Å². The van der Waals surface area contributed by atoms with Crippen molar-refractivity contribution in [3.63, 3.8) is 0 Å². The molecule has 1 amide bonds. The van der Waals surface area contributed by atoms with Crippen molar-refractivity contribution in [1.82, 2.24) is 10.6 Å². The third-order valence-corrected chi connectivity index (χ3v) is 4.42. The molecule has 1 saturated heterocycles. The summed E-state index contributed by atoms with van der Waals surface area (Å²) in [6.45, 7) is 9.20. The van der Waals surface area contributed by atoms with Crippen LogP contribution in [0.4, 0.5) is 0 Å². The fourth-order valence-corrected chi connectivity index (χ4v) is 3.12. The Labute approximate surface area is 123 Å². The van der Waals surface area contributed by atoms with Crippen LogP contribution < -0.4 is 10.6 Å². The minimum absolute atomic E-state index is 0.0495. The molecule has 1 unspecified atom stereocenters. The number of nitrogens with one attached hydrogen (secondary N) is 2. The Morgan fingerprint density at radius 3 is 2.75 bits per heavy atom. The summed E-state index contributed by atoms with van der Waals surface area (Å²) >= 11 is 0. The van der Waals surface area contributed by atoms with Gasteiger partial charge in [0.2, 0.25) is 5.91 Å². The van der Waals surface area contributed by atoms with E-state index >= 15 is 0 Å². The highest BCUT2D eigenvalue weighted by molar-refractivity contribution is 5.83. The van der Waals surface area contributed by atoms with Gasteiger partial charge in [-0.25, -0.2) is 0 Å². The fraction of sp³-hybridized carbons (Fsp3) is 0.938. The molecule has 1 aliphatic heterocycles. The van der Waals surface area contributed by atoms with Gasteiger partial charge in [-0.05, 0) is 44.1 Å². The number of carbonyl (C=O) groups is 1. The largest absolute Gasteiger partial charge is 0.396 e. The highest BCUT2D eigenvalue weighted by Gasteiger charge is 2.38. The Morgan fingerprint density at radius 1 is 1.45 bits per heavy atom. The molecule has 20 heavy (non-hydrogen) atoms. The van der Waals surface area contributed by atoms with E-state index in [1.54, 1.807) is 0 Å². The molecule has 1 aliphatic rings. The summed E-state index contributed by atoms with van der Waals surface area (Å²) in [6.07, 6.45) is 5.82. The fourth-order valence-electron chi connectivity index (χ4n) is 3.12. The van der Waals surface area contributed by atoms with E-state index in [2.05, 4.69) is 31.4 Å². The van der Waals surface area contributed by atoms with Crippen molar-refractivity contribution < 1.29 is 9.90 Å². The topological polar surface area (TPSA) is 61.4 Å². The van der Waals surface area contributed by atoms with E-state index in [1.165, 1.54) is 0 Å². The van der Waals surface area contributed by atoms with E-state index in [0.29, 0.717) is 6.54 Å². The van der Waals surface area contributed by atoms with Crippen LogP contribution in [0.3, 0.4) is 0 Å². The second-order valence-corrected chi connectivity index (χ2v) is 6.98. The zero-order valence-corrected chi connectivity index (χ0v) is 13.4. The predicted molar refractivity (Wildman–Crippen MR) is 82.6 cm³/mol. The zero-order valence-electron chi connectivity index (χ0n) is 13.4. The minimum atomic E-state index is -0.208. The van der Waals surface area contributed by atoms with Gasteiger partial charge in [0.05, 0.1) is 5.41 Å². The Balaban J connectivity index is 2.54. The molecular formula is C16H32N2O2. The zero-order chi connectivity index (χ0) is 15.1. The third kappa shape index (κ3) is 5.06. The van der Waals surface area contributed by atoms with E-state index in [1.807, 2.05) is 0 Å². The number of hydrogen-bond donors (Lipinski definition) is 3. The van der Waals surface area contributed by atoms with Crippen LogP contribution in [0.1, 0.15) is 59.3 Å². The van der Waals surface area contributed by atoms with Crippen LogP contribution >= 0.6 is 0 Å². The summed E-state index contributed by atoms with van der Waals surface area (Å²) in [5.74, 6) is 0.212. The van der Waals surface area contributed by atoms with Crippen molar-refractivity contribution in [2.75, 3.05) is 26.2 Å². The summed E-state index contributed by atoms with van der Waals surface area (Å²) in [5, 5.41) is 15.5. The van der Waals surface area contributed by atoms with Crippen LogP contribution in [0.15, 0.2) is 0 Å². The van der Waals surface area contributed by atoms with Crippen molar-refractivity contribution in [1.29, 1.82) is 0 Å². The summed E-state index contributed by atoms with van der Waals surface area (Å²) < 4.78 is 0. The average Bonchev–Trinajstić information content (AvgIpc) is 2.44. The van der Waals surface area contributed by atoms with Crippen LogP contribution in [-0.4, -0.2) is 37.3 Å². The molecule has 1 fully saturated rings. The smallest absolute Gasteiger partial charge is 0.227 e. The molecule has 0 radical (unpaired) electrons. The summed E-state index contributed by atoms with van der Waals surface area (Å²) in [5.41, 5.74) is -0.159. The lowest BCUT2D eigenvalue weighted by Gasteiger charge is -2.37. The molecule has 1 rings (SSSR count). The molecule has 1 atom stereocenters. The minimum Gasteiger partial charge on any atom is -0.396 e. The van der Waals surface area contributed by atoms with Crippen LogP contribution in [0.25, 0.3) is 0 Å². The SMILES string of the molecule is CCCC1(C(=O)NCC(C)(C)CCCO)CCCNC1. The van der Waals surface area contributed by atoms with Crippen molar-refractivity contribution >= 4 is 5.91 Å². The van der Waals surface area contributed by atoms with Crippen molar-refractivity contribution in [2.24, 2.45) is 10.8 Å². The van der Waals surface area contributed by atoms with Gasteiger partial charge in [-0.3, -0.25) is 4.79 Å². The highest BCUT2D eigenvalue weighted by atomic mass is 16.2. The molecule has 1 heterocycles.